The molecule has 3 unspecified atom stereocenters. The van der Waals surface area contributed by atoms with Crippen LogP contribution in [-0.4, -0.2) is 104 Å². The number of nitrogens with zero attached hydrogens (tertiary/aromatic N) is 4. The number of ether oxygens (including phenoxy) is 1. The molecular weight excluding hydrogens is 514 g/mol. The standard InChI is InChI=1S/C20H25N7O7S2/c1-27(4-2-3-10(27)6-34-20(22)32)5-9-7-35-17-13(16(29)26(17)14(9)18(30)31)24-15(28)12(25-33)11-8-36-19(21)23-11/h8,10,13,17H,2-7H2,1H3,(H6-,21,22,23,24,28,30,31,32,33)/p+1/t10?,13?,17-,27?/m0/s1. The first-order chi connectivity index (χ1) is 17.1. The van der Waals surface area contributed by atoms with Crippen molar-refractivity contribution in [3.05, 3.63) is 22.3 Å². The van der Waals surface area contributed by atoms with Crippen molar-refractivity contribution in [3.63, 3.8) is 0 Å². The van der Waals surface area contributed by atoms with E-state index < -0.39 is 41.0 Å². The fourth-order valence-electron chi connectivity index (χ4n) is 4.89. The molecule has 14 nitrogen and oxygen atoms in total. The Labute approximate surface area is 213 Å². The van der Waals surface area contributed by atoms with Crippen LogP contribution in [0.1, 0.15) is 18.5 Å². The zero-order chi connectivity index (χ0) is 26.2. The highest BCUT2D eigenvalue weighted by Crippen LogP contribution is 2.41. The second-order valence-corrected chi connectivity index (χ2v) is 10.9. The minimum Gasteiger partial charge on any atom is -0.477 e. The summed E-state index contributed by atoms with van der Waals surface area (Å²) in [6, 6.07) is -1.04. The summed E-state index contributed by atoms with van der Waals surface area (Å²) in [5.41, 5.74) is 10.8. The minimum absolute atomic E-state index is 0.0437. The van der Waals surface area contributed by atoms with Crippen LogP contribution in [0.25, 0.3) is 0 Å². The molecule has 1 aromatic heterocycles. The van der Waals surface area contributed by atoms with E-state index in [1.807, 2.05) is 7.05 Å². The molecule has 4 rings (SSSR count). The number of anilines is 1. The van der Waals surface area contributed by atoms with Crippen molar-refractivity contribution in [1.82, 2.24) is 15.2 Å². The molecule has 36 heavy (non-hydrogen) atoms. The molecule has 3 aliphatic rings. The molecule has 0 bridgehead atoms. The van der Waals surface area contributed by atoms with Crippen LogP contribution in [-0.2, 0) is 19.1 Å². The zero-order valence-electron chi connectivity index (χ0n) is 19.2. The molecule has 0 spiro atoms. The van der Waals surface area contributed by atoms with Gasteiger partial charge in [-0.25, -0.2) is 14.6 Å². The van der Waals surface area contributed by atoms with Gasteiger partial charge in [-0.05, 0) is 0 Å². The number of carbonyl (C=O) groups excluding carboxylic acids is 3. The Bertz CT molecular complexity index is 1170. The van der Waals surface area contributed by atoms with E-state index in [1.54, 1.807) is 0 Å². The fraction of sp³-hybridized carbons (Fsp3) is 0.500. The van der Waals surface area contributed by atoms with Gasteiger partial charge in [0, 0.05) is 29.5 Å². The first-order valence-electron chi connectivity index (χ1n) is 11.0. The van der Waals surface area contributed by atoms with Crippen molar-refractivity contribution >= 4 is 57.8 Å². The summed E-state index contributed by atoms with van der Waals surface area (Å²) >= 11 is 2.39. The van der Waals surface area contributed by atoms with Crippen LogP contribution in [0.4, 0.5) is 9.93 Å². The second kappa shape index (κ2) is 9.94. The maximum atomic E-state index is 13.0. The Morgan fingerprint density at radius 3 is 2.78 bits per heavy atom. The number of carbonyl (C=O) groups is 4. The number of hydrogen-bond acceptors (Lipinski definition) is 11. The molecule has 4 heterocycles. The van der Waals surface area contributed by atoms with Crippen molar-refractivity contribution < 1.29 is 38.7 Å². The summed E-state index contributed by atoms with van der Waals surface area (Å²) in [6.07, 6.45) is 0.817. The molecule has 16 heteroatoms. The number of aromatic nitrogens is 1. The third kappa shape index (κ3) is 4.70. The van der Waals surface area contributed by atoms with Gasteiger partial charge >= 0.3 is 12.1 Å². The normalized spacial score (nSPS) is 27.9. The van der Waals surface area contributed by atoms with Gasteiger partial charge in [-0.15, -0.1) is 23.1 Å². The number of fused-ring (bicyclic) bond motifs is 1. The number of rotatable bonds is 8. The number of likely N-dealkylation sites (tertiary alicyclic amines) is 1. The highest BCUT2D eigenvalue weighted by atomic mass is 32.2. The number of likely N-dealkylation sites (N-methyl/N-ethyl adjacent to an activating group) is 1. The van der Waals surface area contributed by atoms with Crippen LogP contribution in [0.15, 0.2) is 21.8 Å². The number of β-lactam (4-membered cyclic amide) rings is 1. The predicted molar refractivity (Wildman–Crippen MR) is 129 cm³/mol. The molecular formula is C20H26N7O7S2+. The summed E-state index contributed by atoms with van der Waals surface area (Å²) in [5.74, 6) is -2.31. The van der Waals surface area contributed by atoms with Crippen LogP contribution in [0.3, 0.4) is 0 Å². The highest BCUT2D eigenvalue weighted by Gasteiger charge is 2.55. The average Bonchev–Trinajstić information content (AvgIpc) is 3.41. The molecule has 3 amide bonds. The van der Waals surface area contributed by atoms with Gasteiger partial charge in [-0.2, -0.15) is 0 Å². The number of thioether (sulfide) groups is 1. The number of hydrogen-bond donors (Lipinski definition) is 5. The lowest BCUT2D eigenvalue weighted by Crippen LogP contribution is -2.71. The van der Waals surface area contributed by atoms with Crippen molar-refractivity contribution in [2.45, 2.75) is 30.3 Å². The average molecular weight is 541 g/mol. The molecule has 2 fully saturated rings. The molecule has 2 saturated heterocycles. The number of carboxylic acids is 1. The third-order valence-electron chi connectivity index (χ3n) is 6.67. The lowest BCUT2D eigenvalue weighted by molar-refractivity contribution is -0.916. The van der Waals surface area contributed by atoms with E-state index in [0.717, 1.165) is 30.7 Å². The fourth-order valence-corrected chi connectivity index (χ4v) is 6.77. The van der Waals surface area contributed by atoms with Gasteiger partial charge in [-0.3, -0.25) is 14.5 Å². The molecule has 0 aliphatic carbocycles. The van der Waals surface area contributed by atoms with Crippen molar-refractivity contribution in [2.75, 3.05) is 38.2 Å². The molecule has 3 aliphatic heterocycles. The predicted octanol–water partition coefficient (Wildman–Crippen LogP) is -0.653. The zero-order valence-corrected chi connectivity index (χ0v) is 20.9. The number of amides is 3. The van der Waals surface area contributed by atoms with Crippen molar-refractivity contribution in [2.24, 2.45) is 10.9 Å². The number of carboxylic acid groups (broad SMARTS) is 1. The summed E-state index contributed by atoms with van der Waals surface area (Å²) in [7, 11) is 1.97. The molecule has 0 aromatic carbocycles. The topological polar surface area (TPSA) is 211 Å². The number of quaternary nitrogens is 1. The summed E-state index contributed by atoms with van der Waals surface area (Å²) < 4.78 is 5.46. The Hall–Kier alpha value is -3.37. The summed E-state index contributed by atoms with van der Waals surface area (Å²) in [6.45, 7) is 1.25. The number of nitrogen functional groups attached to an aromatic ring is 1. The Balaban J connectivity index is 1.50. The molecule has 4 atom stereocenters. The number of nitrogens with two attached hydrogens (primary N) is 2. The van der Waals surface area contributed by atoms with Gasteiger partial charge in [-0.1, -0.05) is 5.16 Å². The highest BCUT2D eigenvalue weighted by molar-refractivity contribution is 8.00. The lowest BCUT2D eigenvalue weighted by Gasteiger charge is -2.50. The molecule has 194 valence electrons. The maximum Gasteiger partial charge on any atom is 0.404 e. The Morgan fingerprint density at radius 2 is 2.17 bits per heavy atom. The van der Waals surface area contributed by atoms with Gasteiger partial charge in [0.1, 0.15) is 42.0 Å². The number of primary amides is 1. The van der Waals surface area contributed by atoms with E-state index in [4.69, 9.17) is 16.2 Å². The third-order valence-corrected chi connectivity index (χ3v) is 8.69. The van der Waals surface area contributed by atoms with Gasteiger partial charge in [0.15, 0.2) is 10.8 Å². The molecule has 1 aromatic rings. The van der Waals surface area contributed by atoms with E-state index in [1.165, 1.54) is 22.0 Å². The van der Waals surface area contributed by atoms with E-state index >= 15 is 0 Å². The van der Waals surface area contributed by atoms with Crippen LogP contribution >= 0.6 is 23.1 Å². The van der Waals surface area contributed by atoms with Gasteiger partial charge in [0.05, 0.1) is 13.6 Å². The second-order valence-electron chi connectivity index (χ2n) is 8.93. The number of thiazole rings is 1. The van der Waals surface area contributed by atoms with Gasteiger partial charge < -0.3 is 36.3 Å². The van der Waals surface area contributed by atoms with Gasteiger partial charge in [0.25, 0.3) is 11.8 Å². The first kappa shape index (κ1) is 25.7. The number of oxime groups is 1. The summed E-state index contributed by atoms with van der Waals surface area (Å²) in [4.78, 5) is 54.1. The quantitative estimate of drug-likeness (QED) is 0.0924. The Kier molecular flexibility index (Phi) is 7.10. The van der Waals surface area contributed by atoms with Crippen LogP contribution in [0.2, 0.25) is 0 Å². The van der Waals surface area contributed by atoms with E-state index in [-0.39, 0.29) is 29.2 Å². The monoisotopic (exact) mass is 540 g/mol. The number of nitrogens with one attached hydrogen (secondary N) is 1. The number of aliphatic carboxylic acids is 1. The minimum atomic E-state index is -1.24. The van der Waals surface area contributed by atoms with Gasteiger partial charge in [0.2, 0.25) is 0 Å². The molecule has 0 saturated carbocycles. The maximum absolute atomic E-state index is 13.0. The lowest BCUT2D eigenvalue weighted by atomic mass is 10.0. The van der Waals surface area contributed by atoms with Crippen LogP contribution in [0.5, 0.6) is 0 Å². The van der Waals surface area contributed by atoms with E-state index in [9.17, 15) is 29.5 Å². The smallest absolute Gasteiger partial charge is 0.404 e. The van der Waals surface area contributed by atoms with Crippen LogP contribution < -0.4 is 16.8 Å². The summed E-state index contributed by atoms with van der Waals surface area (Å²) in [5, 5.41) is 25.8. The van der Waals surface area contributed by atoms with E-state index in [0.29, 0.717) is 22.4 Å². The first-order valence-corrected chi connectivity index (χ1v) is 12.9. The van der Waals surface area contributed by atoms with Crippen LogP contribution in [0, 0.1) is 0 Å². The SMILES string of the molecule is C[N+]1(CC2=C(C(=O)O)N3C(=O)C(NC(=O)C(=NO)c4csc(N)n4)[C@@H]3SC2)CCCC1COC(N)=O. The van der Waals surface area contributed by atoms with Crippen molar-refractivity contribution in [1.29, 1.82) is 0 Å². The van der Waals surface area contributed by atoms with E-state index in [2.05, 4.69) is 15.5 Å². The van der Waals surface area contributed by atoms with Crippen molar-refractivity contribution in [3.8, 4) is 0 Å². The largest absolute Gasteiger partial charge is 0.477 e. The molecule has 7 N–H and O–H groups in total. The molecule has 0 radical (unpaired) electrons. The Morgan fingerprint density at radius 1 is 1.42 bits per heavy atom.